The summed E-state index contributed by atoms with van der Waals surface area (Å²) < 4.78 is 5.41. The maximum Gasteiger partial charge on any atom is 0.341 e. The Balaban J connectivity index is 1.64. The van der Waals surface area contributed by atoms with Crippen molar-refractivity contribution in [1.29, 1.82) is 5.26 Å². The molecule has 1 aliphatic rings. The van der Waals surface area contributed by atoms with Gasteiger partial charge in [-0.1, -0.05) is 44.5 Å². The topological polar surface area (TPSA) is 75.0 Å². The van der Waals surface area contributed by atoms with Gasteiger partial charge in [-0.3, -0.25) is 0 Å². The second-order valence-electron chi connectivity index (χ2n) is 10.4. The van der Waals surface area contributed by atoms with Crippen LogP contribution in [0.4, 0.5) is 5.00 Å². The van der Waals surface area contributed by atoms with Crippen LogP contribution in [0.2, 0.25) is 0 Å². The molecular weight excluding hydrogens is 486 g/mol. The van der Waals surface area contributed by atoms with Gasteiger partial charge in [-0.25, -0.2) is 9.78 Å². The number of thiazole rings is 1. The monoisotopic (exact) mass is 519 g/mol. The number of hydrogen-bond acceptors (Lipinski definition) is 7. The number of hydrogen-bond donors (Lipinski definition) is 1. The van der Waals surface area contributed by atoms with E-state index in [-0.39, 0.29) is 11.4 Å². The largest absolute Gasteiger partial charge is 0.462 e. The maximum absolute atomic E-state index is 12.9. The number of carbonyl (C=O) groups excluding carboxylic acids is 1. The molecule has 7 heteroatoms. The van der Waals surface area contributed by atoms with E-state index in [0.717, 1.165) is 46.6 Å². The predicted molar refractivity (Wildman–Crippen MR) is 149 cm³/mol. The van der Waals surface area contributed by atoms with Gasteiger partial charge in [0.25, 0.3) is 0 Å². The Morgan fingerprint density at radius 2 is 2.11 bits per heavy atom. The number of fused-ring (bicyclic) bond motifs is 1. The van der Waals surface area contributed by atoms with Crippen molar-refractivity contribution >= 4 is 39.2 Å². The van der Waals surface area contributed by atoms with Crippen LogP contribution in [0.25, 0.3) is 16.8 Å². The Kier molecular flexibility index (Phi) is 7.67. The number of aromatic nitrogens is 1. The summed E-state index contributed by atoms with van der Waals surface area (Å²) in [5, 5.41) is 16.6. The Morgan fingerprint density at radius 1 is 1.33 bits per heavy atom. The second kappa shape index (κ2) is 10.6. The number of nitrogens with one attached hydrogen (secondary N) is 1. The summed E-state index contributed by atoms with van der Waals surface area (Å²) >= 11 is 3.05. The number of allylic oxidation sites excluding steroid dienone is 1. The van der Waals surface area contributed by atoms with Crippen molar-refractivity contribution in [3.8, 4) is 17.3 Å². The summed E-state index contributed by atoms with van der Waals surface area (Å²) in [5.74, 6) is 0.265. The van der Waals surface area contributed by atoms with Crippen molar-refractivity contribution in [1.82, 2.24) is 4.98 Å². The Bertz CT molecular complexity index is 1350. The maximum atomic E-state index is 12.9. The average molecular weight is 520 g/mol. The predicted octanol–water partition coefficient (Wildman–Crippen LogP) is 7.79. The number of nitriles is 1. The molecule has 188 valence electrons. The summed E-state index contributed by atoms with van der Waals surface area (Å²) in [6.07, 6.45) is 4.55. The third kappa shape index (κ3) is 5.40. The van der Waals surface area contributed by atoms with Crippen molar-refractivity contribution < 1.29 is 9.53 Å². The smallest absolute Gasteiger partial charge is 0.341 e. The third-order valence-electron chi connectivity index (χ3n) is 6.83. The normalized spacial score (nSPS) is 15.8. The number of aryl methyl sites for hydroxylation is 2. The van der Waals surface area contributed by atoms with Gasteiger partial charge in [0.2, 0.25) is 0 Å². The van der Waals surface area contributed by atoms with Crippen LogP contribution in [0.15, 0.2) is 29.8 Å². The van der Waals surface area contributed by atoms with Crippen LogP contribution in [-0.4, -0.2) is 17.6 Å². The molecule has 1 aromatic carbocycles. The van der Waals surface area contributed by atoms with Crippen LogP contribution >= 0.6 is 22.7 Å². The highest BCUT2D eigenvalue weighted by atomic mass is 32.1. The highest BCUT2D eigenvalue weighted by Gasteiger charge is 2.34. The first-order valence-corrected chi connectivity index (χ1v) is 14.0. The lowest BCUT2D eigenvalue weighted by Crippen LogP contribution is -2.26. The number of anilines is 1. The molecule has 1 N–H and O–H groups in total. The molecule has 1 aliphatic carbocycles. The fraction of sp³-hybridized carbons (Fsp3) is 0.414. The van der Waals surface area contributed by atoms with Gasteiger partial charge in [0, 0.05) is 22.0 Å². The minimum atomic E-state index is -0.301. The SMILES string of the molecule is CCOC(=O)c1c(N/C=C(/C#N)c2nc(-c3ccc(C)cc3C)cs2)sc2c1CC[C@@H](C(C)(C)C)C2. The zero-order valence-electron chi connectivity index (χ0n) is 21.8. The molecule has 0 bridgehead atoms. The first-order valence-electron chi connectivity index (χ1n) is 12.3. The molecule has 2 aromatic heterocycles. The van der Waals surface area contributed by atoms with Gasteiger partial charge in [0.15, 0.2) is 0 Å². The molecule has 0 radical (unpaired) electrons. The fourth-order valence-corrected chi connectivity index (χ4v) is 6.82. The molecule has 0 amide bonds. The molecule has 0 spiro atoms. The summed E-state index contributed by atoms with van der Waals surface area (Å²) in [6, 6.07) is 8.56. The standard InChI is InChI=1S/C29H33N3O2S2/c1-7-34-28(33)25-22-11-9-20(29(4,5)6)13-24(22)36-27(25)31-15-19(14-30)26-32-23(16-35-26)21-10-8-17(2)12-18(21)3/h8,10,12,15-16,20,31H,7,9,11,13H2,1-6H3/b19-15-/t20-/m1/s1. The average Bonchev–Trinajstić information content (AvgIpc) is 3.43. The number of rotatable bonds is 6. The van der Waals surface area contributed by atoms with E-state index >= 15 is 0 Å². The zero-order chi connectivity index (χ0) is 26.0. The van der Waals surface area contributed by atoms with Gasteiger partial charge in [-0.05, 0) is 62.5 Å². The van der Waals surface area contributed by atoms with E-state index in [0.29, 0.717) is 28.7 Å². The first kappa shape index (κ1) is 26.1. The molecule has 1 atom stereocenters. The van der Waals surface area contributed by atoms with Gasteiger partial charge >= 0.3 is 5.97 Å². The minimum Gasteiger partial charge on any atom is -0.462 e. The molecule has 0 unspecified atom stereocenters. The Labute approximate surface area is 221 Å². The first-order chi connectivity index (χ1) is 17.1. The molecule has 0 saturated carbocycles. The van der Waals surface area contributed by atoms with E-state index in [1.807, 2.05) is 12.3 Å². The molecule has 36 heavy (non-hydrogen) atoms. The number of nitrogens with zero attached hydrogens (tertiary/aromatic N) is 2. The minimum absolute atomic E-state index is 0.214. The van der Waals surface area contributed by atoms with E-state index in [4.69, 9.17) is 9.72 Å². The summed E-state index contributed by atoms with van der Waals surface area (Å²) in [4.78, 5) is 18.9. The Hall–Kier alpha value is -2.95. The number of thiophene rings is 1. The highest BCUT2D eigenvalue weighted by molar-refractivity contribution is 7.16. The summed E-state index contributed by atoms with van der Waals surface area (Å²) in [5.41, 5.74) is 6.66. The number of ether oxygens (including phenoxy) is 1. The van der Waals surface area contributed by atoms with Crippen LogP contribution in [0.1, 0.15) is 71.0 Å². The van der Waals surface area contributed by atoms with Crippen LogP contribution in [0, 0.1) is 36.5 Å². The molecule has 4 rings (SSSR count). The second-order valence-corrected chi connectivity index (χ2v) is 12.4. The molecule has 2 heterocycles. The molecule has 0 fully saturated rings. The van der Waals surface area contributed by atoms with Gasteiger partial charge < -0.3 is 10.1 Å². The van der Waals surface area contributed by atoms with E-state index < -0.39 is 0 Å². The summed E-state index contributed by atoms with van der Waals surface area (Å²) in [6.45, 7) is 13.1. The van der Waals surface area contributed by atoms with Crippen molar-refractivity contribution in [2.45, 2.75) is 60.8 Å². The fourth-order valence-electron chi connectivity index (χ4n) is 4.75. The third-order valence-corrected chi connectivity index (χ3v) is 8.89. The van der Waals surface area contributed by atoms with Crippen LogP contribution in [-0.2, 0) is 17.6 Å². The van der Waals surface area contributed by atoms with Crippen LogP contribution < -0.4 is 5.32 Å². The van der Waals surface area contributed by atoms with E-state index in [9.17, 15) is 10.1 Å². The Morgan fingerprint density at radius 3 is 2.78 bits per heavy atom. The van der Waals surface area contributed by atoms with Crippen molar-refractivity contribution in [2.75, 3.05) is 11.9 Å². The van der Waals surface area contributed by atoms with E-state index in [1.165, 1.54) is 21.8 Å². The molecular formula is C29H33N3O2S2. The van der Waals surface area contributed by atoms with Crippen LogP contribution in [0.3, 0.4) is 0 Å². The molecule has 0 aliphatic heterocycles. The van der Waals surface area contributed by atoms with Gasteiger partial charge in [0.1, 0.15) is 21.7 Å². The lowest BCUT2D eigenvalue weighted by atomic mass is 9.72. The number of esters is 1. The van der Waals surface area contributed by atoms with Gasteiger partial charge in [-0.15, -0.1) is 22.7 Å². The number of benzene rings is 1. The lowest BCUT2D eigenvalue weighted by Gasteiger charge is -2.33. The quantitative estimate of drug-likeness (QED) is 0.266. The molecule has 0 saturated heterocycles. The van der Waals surface area contributed by atoms with E-state index in [2.05, 4.69) is 64.2 Å². The highest BCUT2D eigenvalue weighted by Crippen LogP contribution is 2.44. The van der Waals surface area contributed by atoms with Crippen molar-refractivity contribution in [3.63, 3.8) is 0 Å². The van der Waals surface area contributed by atoms with E-state index in [1.54, 1.807) is 17.5 Å². The van der Waals surface area contributed by atoms with Gasteiger partial charge in [0.05, 0.1) is 17.9 Å². The zero-order valence-corrected chi connectivity index (χ0v) is 23.5. The molecule has 5 nitrogen and oxygen atoms in total. The van der Waals surface area contributed by atoms with Crippen molar-refractivity contribution in [3.05, 3.63) is 61.9 Å². The van der Waals surface area contributed by atoms with Crippen molar-refractivity contribution in [2.24, 2.45) is 11.3 Å². The summed E-state index contributed by atoms with van der Waals surface area (Å²) in [7, 11) is 0. The molecule has 3 aromatic rings. The van der Waals surface area contributed by atoms with Gasteiger partial charge in [-0.2, -0.15) is 5.26 Å². The lowest BCUT2D eigenvalue weighted by molar-refractivity contribution is 0.0526. The van der Waals surface area contributed by atoms with Crippen LogP contribution in [0.5, 0.6) is 0 Å². The number of carbonyl (C=O) groups is 1.